The number of halogens is 1. The van der Waals surface area contributed by atoms with Crippen LogP contribution in [0.4, 0.5) is 17.5 Å². The molecule has 0 saturated carbocycles. The van der Waals surface area contributed by atoms with E-state index in [1.807, 2.05) is 18.2 Å². The molecule has 6 heteroatoms. The first kappa shape index (κ1) is 22.1. The van der Waals surface area contributed by atoms with Crippen LogP contribution >= 0.6 is 12.4 Å². The van der Waals surface area contributed by atoms with Crippen molar-refractivity contribution >= 4 is 29.9 Å². The average molecular weight is 425 g/mol. The Labute approximate surface area is 184 Å². The minimum absolute atomic E-state index is 0. The predicted octanol–water partition coefficient (Wildman–Crippen LogP) is 5.53. The summed E-state index contributed by atoms with van der Waals surface area (Å²) in [6, 6.07) is 17.1. The van der Waals surface area contributed by atoms with Crippen LogP contribution in [0, 0.1) is 13.8 Å². The Morgan fingerprint density at radius 1 is 1.07 bits per heavy atom. The van der Waals surface area contributed by atoms with E-state index >= 15 is 0 Å². The molecule has 0 spiro atoms. The van der Waals surface area contributed by atoms with Crippen molar-refractivity contribution in [3.8, 4) is 0 Å². The van der Waals surface area contributed by atoms with Gasteiger partial charge in [-0.15, -0.1) is 12.4 Å². The van der Waals surface area contributed by atoms with Gasteiger partial charge in [-0.2, -0.15) is 4.98 Å². The maximum absolute atomic E-state index is 5.43. The lowest BCUT2D eigenvalue weighted by atomic mass is 9.93. The Morgan fingerprint density at radius 3 is 2.57 bits per heavy atom. The van der Waals surface area contributed by atoms with E-state index < -0.39 is 0 Å². The van der Waals surface area contributed by atoms with Gasteiger partial charge in [-0.05, 0) is 49.9 Å². The van der Waals surface area contributed by atoms with Gasteiger partial charge in [-0.1, -0.05) is 42.5 Å². The number of hydrogen-bond acceptors (Lipinski definition) is 5. The number of rotatable bonds is 5. The van der Waals surface area contributed by atoms with Crippen LogP contribution < -0.4 is 10.2 Å². The summed E-state index contributed by atoms with van der Waals surface area (Å²) in [6.07, 6.45) is 1.02. The van der Waals surface area contributed by atoms with Crippen LogP contribution in [0.5, 0.6) is 0 Å². The quantitative estimate of drug-likeness (QED) is 0.583. The number of aromatic nitrogens is 2. The average Bonchev–Trinajstić information content (AvgIpc) is 2.73. The van der Waals surface area contributed by atoms with Gasteiger partial charge < -0.3 is 15.0 Å². The number of para-hydroxylation sites is 1. The van der Waals surface area contributed by atoms with Crippen molar-refractivity contribution in [2.75, 3.05) is 23.9 Å². The van der Waals surface area contributed by atoms with Crippen molar-refractivity contribution in [2.45, 2.75) is 39.8 Å². The van der Waals surface area contributed by atoms with Gasteiger partial charge in [0.05, 0.1) is 18.3 Å². The molecule has 30 heavy (non-hydrogen) atoms. The molecule has 0 fully saturated rings. The van der Waals surface area contributed by atoms with Gasteiger partial charge >= 0.3 is 0 Å². The second-order valence-electron chi connectivity index (χ2n) is 7.63. The van der Waals surface area contributed by atoms with Crippen molar-refractivity contribution < 1.29 is 4.74 Å². The first-order valence-corrected chi connectivity index (χ1v) is 10.1. The molecule has 0 saturated heterocycles. The third-order valence-electron chi connectivity index (χ3n) is 5.76. The zero-order valence-electron chi connectivity index (χ0n) is 18.0. The van der Waals surface area contributed by atoms with Crippen LogP contribution in [0.15, 0.2) is 48.5 Å². The van der Waals surface area contributed by atoms with E-state index in [1.54, 1.807) is 7.11 Å². The molecule has 1 aliphatic rings. The van der Waals surface area contributed by atoms with Crippen LogP contribution in [-0.2, 0) is 17.8 Å². The highest BCUT2D eigenvalue weighted by Gasteiger charge is 2.27. The summed E-state index contributed by atoms with van der Waals surface area (Å²) in [4.78, 5) is 12.1. The Kier molecular flexibility index (Phi) is 6.95. The summed E-state index contributed by atoms with van der Waals surface area (Å²) in [5.41, 5.74) is 6.97. The summed E-state index contributed by atoms with van der Waals surface area (Å²) in [5.74, 6) is 1.59. The molecule has 1 aromatic heterocycles. The highest BCUT2D eigenvalue weighted by molar-refractivity contribution is 5.85. The molecule has 1 N–H and O–H groups in total. The molecule has 0 aliphatic carbocycles. The Morgan fingerprint density at radius 2 is 1.80 bits per heavy atom. The molecule has 0 radical (unpaired) electrons. The molecule has 3 aromatic rings. The Bertz CT molecular complexity index is 1020. The van der Waals surface area contributed by atoms with E-state index in [0.29, 0.717) is 12.6 Å². The number of methoxy groups -OCH3 is 1. The second kappa shape index (κ2) is 9.45. The van der Waals surface area contributed by atoms with Crippen molar-refractivity contribution in [2.24, 2.45) is 0 Å². The van der Waals surface area contributed by atoms with Crippen LogP contribution in [0.1, 0.15) is 40.9 Å². The van der Waals surface area contributed by atoms with E-state index in [2.05, 4.69) is 61.3 Å². The fourth-order valence-corrected chi connectivity index (χ4v) is 4.06. The fraction of sp³-hybridized carbons (Fsp3) is 0.333. The summed E-state index contributed by atoms with van der Waals surface area (Å²) in [5, 5.41) is 3.41. The molecule has 4 rings (SSSR count). The summed E-state index contributed by atoms with van der Waals surface area (Å²) >= 11 is 0. The number of aryl methyl sites for hydroxylation is 1. The molecule has 0 amide bonds. The zero-order chi connectivity index (χ0) is 20.4. The second-order valence-corrected chi connectivity index (χ2v) is 7.63. The van der Waals surface area contributed by atoms with Crippen LogP contribution in [-0.4, -0.2) is 23.6 Å². The first-order valence-electron chi connectivity index (χ1n) is 10.1. The minimum atomic E-state index is 0. The molecule has 2 aromatic carbocycles. The molecular weight excluding hydrogens is 396 g/mol. The molecule has 1 aliphatic heterocycles. The van der Waals surface area contributed by atoms with E-state index in [1.165, 1.54) is 11.1 Å². The van der Waals surface area contributed by atoms with Gasteiger partial charge in [-0.3, -0.25) is 0 Å². The van der Waals surface area contributed by atoms with Gasteiger partial charge in [0.1, 0.15) is 5.82 Å². The van der Waals surface area contributed by atoms with Gasteiger partial charge in [0.2, 0.25) is 5.95 Å². The molecule has 2 heterocycles. The lowest BCUT2D eigenvalue weighted by Crippen LogP contribution is -2.35. The third kappa shape index (κ3) is 4.27. The number of benzene rings is 2. The Balaban J connectivity index is 0.00000256. The molecule has 5 nitrogen and oxygen atoms in total. The van der Waals surface area contributed by atoms with E-state index in [9.17, 15) is 0 Å². The zero-order valence-corrected chi connectivity index (χ0v) is 18.8. The van der Waals surface area contributed by atoms with Crippen LogP contribution in [0.2, 0.25) is 0 Å². The summed E-state index contributed by atoms with van der Waals surface area (Å²) in [6.45, 7) is 7.82. The van der Waals surface area contributed by atoms with Crippen molar-refractivity contribution in [3.63, 3.8) is 0 Å². The van der Waals surface area contributed by atoms with E-state index in [4.69, 9.17) is 14.7 Å². The monoisotopic (exact) mass is 424 g/mol. The van der Waals surface area contributed by atoms with Crippen LogP contribution in [0.25, 0.3) is 0 Å². The highest BCUT2D eigenvalue weighted by Crippen LogP contribution is 2.35. The predicted molar refractivity (Wildman–Crippen MR) is 125 cm³/mol. The standard InChI is InChI=1S/C24H28N4O.ClH/c1-16-9-5-8-12-21(16)25-24-26-22(15-29-4)17(2)23(27-24)28-14-13-19-10-6-7-11-20(19)18(28)3;/h5-12,18H,13-15H2,1-4H3,(H,25,26,27);1H. The van der Waals surface area contributed by atoms with Crippen molar-refractivity contribution in [3.05, 3.63) is 76.5 Å². The normalized spacial score (nSPS) is 15.3. The molecule has 158 valence electrons. The lowest BCUT2D eigenvalue weighted by molar-refractivity contribution is 0.181. The smallest absolute Gasteiger partial charge is 0.229 e. The maximum Gasteiger partial charge on any atom is 0.229 e. The SMILES string of the molecule is COCc1nc(Nc2ccccc2C)nc(N2CCc3ccccc3C2C)c1C.Cl. The summed E-state index contributed by atoms with van der Waals surface area (Å²) < 4.78 is 5.43. The first-order chi connectivity index (χ1) is 14.1. The fourth-order valence-electron chi connectivity index (χ4n) is 4.06. The number of hydrogen-bond donors (Lipinski definition) is 1. The van der Waals surface area contributed by atoms with E-state index in [0.717, 1.165) is 41.3 Å². The largest absolute Gasteiger partial charge is 0.378 e. The summed E-state index contributed by atoms with van der Waals surface area (Å²) in [7, 11) is 1.70. The van der Waals surface area contributed by atoms with Gasteiger partial charge in [0.15, 0.2) is 0 Å². The lowest BCUT2D eigenvalue weighted by Gasteiger charge is -2.37. The topological polar surface area (TPSA) is 50.3 Å². The van der Waals surface area contributed by atoms with Gasteiger partial charge in [0.25, 0.3) is 0 Å². The Hall–Kier alpha value is -2.63. The van der Waals surface area contributed by atoms with Gasteiger partial charge in [-0.25, -0.2) is 4.98 Å². The molecule has 1 atom stereocenters. The van der Waals surface area contributed by atoms with Crippen molar-refractivity contribution in [1.29, 1.82) is 0 Å². The number of anilines is 3. The molecule has 1 unspecified atom stereocenters. The number of nitrogens with zero attached hydrogens (tertiary/aromatic N) is 3. The van der Waals surface area contributed by atoms with Gasteiger partial charge in [0, 0.05) is 24.9 Å². The van der Waals surface area contributed by atoms with E-state index in [-0.39, 0.29) is 18.4 Å². The van der Waals surface area contributed by atoms with Crippen molar-refractivity contribution in [1.82, 2.24) is 9.97 Å². The molecule has 0 bridgehead atoms. The third-order valence-corrected chi connectivity index (χ3v) is 5.76. The maximum atomic E-state index is 5.43. The van der Waals surface area contributed by atoms with Crippen LogP contribution in [0.3, 0.4) is 0 Å². The molecular formula is C24H29ClN4O. The highest BCUT2D eigenvalue weighted by atomic mass is 35.5. The minimum Gasteiger partial charge on any atom is -0.378 e. The number of fused-ring (bicyclic) bond motifs is 1. The number of ether oxygens (including phenoxy) is 1. The number of nitrogens with one attached hydrogen (secondary N) is 1.